The van der Waals surface area contributed by atoms with Crippen molar-refractivity contribution >= 4 is 28.9 Å². The molecule has 2 amide bonds. The van der Waals surface area contributed by atoms with Gasteiger partial charge < -0.3 is 15.2 Å². The van der Waals surface area contributed by atoms with Crippen molar-refractivity contribution in [3.63, 3.8) is 0 Å². The minimum absolute atomic E-state index is 0.137. The van der Waals surface area contributed by atoms with Crippen LogP contribution in [0.5, 0.6) is 0 Å². The summed E-state index contributed by atoms with van der Waals surface area (Å²) in [6.07, 6.45) is 9.78. The van der Waals surface area contributed by atoms with E-state index >= 15 is 0 Å². The Bertz CT molecular complexity index is 1270. The van der Waals surface area contributed by atoms with Crippen molar-refractivity contribution in [1.29, 1.82) is 0 Å². The Kier molecular flexibility index (Phi) is 6.14. The minimum Gasteiger partial charge on any atom is -0.369 e. The van der Waals surface area contributed by atoms with Gasteiger partial charge in [0.2, 0.25) is 5.91 Å². The zero-order chi connectivity index (χ0) is 22.8. The Morgan fingerprint density at radius 3 is 2.69 bits per heavy atom. The van der Waals surface area contributed by atoms with Gasteiger partial charge in [-0.2, -0.15) is 0 Å². The molecule has 0 radical (unpaired) electrons. The Balaban J connectivity index is 1.65. The number of hydrogen-bond donors (Lipinski definition) is 1. The molecule has 1 aliphatic rings. The molecule has 0 atom stereocenters. The number of carbonyl (C=O) groups excluding carboxylic acids is 2. The molecule has 1 fully saturated rings. The van der Waals surface area contributed by atoms with Crippen LogP contribution in [0.1, 0.15) is 30.1 Å². The van der Waals surface area contributed by atoms with E-state index in [0.717, 1.165) is 11.3 Å². The van der Waals surface area contributed by atoms with Crippen LogP contribution >= 0.6 is 11.6 Å². The quantitative estimate of drug-likeness (QED) is 0.600. The van der Waals surface area contributed by atoms with Crippen molar-refractivity contribution in [1.82, 2.24) is 18.9 Å². The molecule has 2 aromatic heterocycles. The normalized spacial score (nSPS) is 15.0. The fourth-order valence-corrected chi connectivity index (χ4v) is 4.28. The molecule has 32 heavy (non-hydrogen) atoms. The summed E-state index contributed by atoms with van der Waals surface area (Å²) in [6, 6.07) is 5.24. The molecular weight excluding hydrogens is 430 g/mol. The van der Waals surface area contributed by atoms with Gasteiger partial charge >= 0.3 is 0 Å². The minimum atomic E-state index is -0.318. The Morgan fingerprint density at radius 2 is 2.03 bits per heavy atom. The summed E-state index contributed by atoms with van der Waals surface area (Å²) in [6.45, 7) is 3.27. The number of carbonyl (C=O) groups is 2. The standard InChI is InChI=1S/C23H24ClN5O3/c1-2-3-8-28-13-20(29-14-26-12-19(29)23(28)32)16-4-5-17(18(24)11-16)22(31)27-9-6-15(7-10-27)21(25)30/h2-5,11-15H,6-10H2,1H3,(H2,25,30)/b3-2+. The number of aromatic nitrogens is 3. The number of rotatable bonds is 5. The van der Waals surface area contributed by atoms with Crippen molar-refractivity contribution in [2.45, 2.75) is 26.3 Å². The first-order valence-electron chi connectivity index (χ1n) is 10.5. The van der Waals surface area contributed by atoms with Crippen molar-refractivity contribution in [3.8, 4) is 11.3 Å². The molecule has 3 aromatic rings. The molecule has 0 bridgehead atoms. The number of fused-ring (bicyclic) bond motifs is 1. The van der Waals surface area contributed by atoms with Gasteiger partial charge in [-0.05, 0) is 31.9 Å². The van der Waals surface area contributed by atoms with Crippen LogP contribution in [-0.2, 0) is 11.3 Å². The topological polar surface area (TPSA) is 103 Å². The van der Waals surface area contributed by atoms with Crippen LogP contribution < -0.4 is 11.3 Å². The van der Waals surface area contributed by atoms with Gasteiger partial charge in [0.25, 0.3) is 11.5 Å². The summed E-state index contributed by atoms with van der Waals surface area (Å²) in [7, 11) is 0. The number of allylic oxidation sites excluding steroid dienone is 2. The van der Waals surface area contributed by atoms with Gasteiger partial charge in [-0.1, -0.05) is 29.8 Å². The summed E-state index contributed by atoms with van der Waals surface area (Å²) < 4.78 is 3.33. The predicted molar refractivity (Wildman–Crippen MR) is 123 cm³/mol. The van der Waals surface area contributed by atoms with Crippen LogP contribution in [0.15, 0.2) is 53.9 Å². The van der Waals surface area contributed by atoms with Crippen LogP contribution in [0.2, 0.25) is 5.02 Å². The van der Waals surface area contributed by atoms with E-state index in [2.05, 4.69) is 4.98 Å². The highest BCUT2D eigenvalue weighted by atomic mass is 35.5. The smallest absolute Gasteiger partial charge is 0.276 e. The lowest BCUT2D eigenvalue weighted by atomic mass is 9.95. The molecule has 0 spiro atoms. The van der Waals surface area contributed by atoms with E-state index in [1.165, 1.54) is 6.20 Å². The van der Waals surface area contributed by atoms with Crippen LogP contribution in [0.25, 0.3) is 16.8 Å². The number of piperidine rings is 1. The van der Waals surface area contributed by atoms with Gasteiger partial charge in [-0.3, -0.25) is 18.8 Å². The van der Waals surface area contributed by atoms with E-state index in [4.69, 9.17) is 17.3 Å². The molecule has 2 N–H and O–H groups in total. The third kappa shape index (κ3) is 4.05. The molecule has 166 valence electrons. The number of nitrogens with zero attached hydrogens (tertiary/aromatic N) is 4. The van der Waals surface area contributed by atoms with Gasteiger partial charge in [0.05, 0.1) is 28.8 Å². The number of likely N-dealkylation sites (tertiary alicyclic amines) is 1. The van der Waals surface area contributed by atoms with E-state index in [1.807, 2.05) is 25.1 Å². The number of hydrogen-bond acceptors (Lipinski definition) is 4. The largest absolute Gasteiger partial charge is 0.369 e. The van der Waals surface area contributed by atoms with Crippen LogP contribution in [0.3, 0.4) is 0 Å². The molecule has 4 rings (SSSR count). The fourth-order valence-electron chi connectivity index (χ4n) is 4.01. The summed E-state index contributed by atoms with van der Waals surface area (Å²) in [4.78, 5) is 42.9. The summed E-state index contributed by atoms with van der Waals surface area (Å²) in [5.74, 6) is -0.677. The Labute approximate surface area is 189 Å². The number of benzene rings is 1. The summed E-state index contributed by atoms with van der Waals surface area (Å²) >= 11 is 6.53. The second-order valence-corrected chi connectivity index (χ2v) is 8.26. The first-order chi connectivity index (χ1) is 15.4. The summed E-state index contributed by atoms with van der Waals surface area (Å²) in [5.41, 5.74) is 7.60. The molecule has 3 heterocycles. The van der Waals surface area contributed by atoms with Crippen molar-refractivity contribution in [2.24, 2.45) is 11.7 Å². The SMILES string of the molecule is C/C=C/Cn1cc(-c2ccc(C(=O)N3CCC(C(N)=O)CC3)c(Cl)c2)n2cncc2c1=O. The van der Waals surface area contributed by atoms with Gasteiger partial charge in [0, 0.05) is 37.3 Å². The molecule has 0 unspecified atom stereocenters. The number of halogens is 1. The van der Waals surface area contributed by atoms with E-state index in [1.54, 1.807) is 38.5 Å². The molecule has 1 aliphatic heterocycles. The van der Waals surface area contributed by atoms with Crippen molar-refractivity contribution in [3.05, 3.63) is 70.0 Å². The first-order valence-corrected chi connectivity index (χ1v) is 10.8. The molecule has 0 aliphatic carbocycles. The molecule has 1 aromatic carbocycles. The van der Waals surface area contributed by atoms with E-state index < -0.39 is 0 Å². The Morgan fingerprint density at radius 1 is 1.28 bits per heavy atom. The van der Waals surface area contributed by atoms with E-state index in [9.17, 15) is 14.4 Å². The number of primary amides is 1. The molecule has 9 heteroatoms. The highest BCUT2D eigenvalue weighted by Gasteiger charge is 2.27. The second kappa shape index (κ2) is 9.00. The van der Waals surface area contributed by atoms with Crippen molar-refractivity contribution < 1.29 is 9.59 Å². The lowest BCUT2D eigenvalue weighted by Crippen LogP contribution is -2.41. The average molecular weight is 454 g/mol. The highest BCUT2D eigenvalue weighted by molar-refractivity contribution is 6.34. The first kappa shape index (κ1) is 21.8. The second-order valence-electron chi connectivity index (χ2n) is 7.85. The van der Waals surface area contributed by atoms with Crippen LogP contribution in [0.4, 0.5) is 0 Å². The maximum atomic E-state index is 13.0. The molecule has 1 saturated heterocycles. The summed E-state index contributed by atoms with van der Waals surface area (Å²) in [5, 5.41) is 0.323. The van der Waals surface area contributed by atoms with E-state index in [0.29, 0.717) is 48.6 Å². The van der Waals surface area contributed by atoms with Gasteiger partial charge in [0.1, 0.15) is 5.52 Å². The lowest BCUT2D eigenvalue weighted by molar-refractivity contribution is -0.123. The van der Waals surface area contributed by atoms with Gasteiger partial charge in [-0.25, -0.2) is 4.98 Å². The maximum absolute atomic E-state index is 13.0. The van der Waals surface area contributed by atoms with E-state index in [-0.39, 0.29) is 23.3 Å². The fraction of sp³-hybridized carbons (Fsp3) is 0.304. The van der Waals surface area contributed by atoms with Crippen LogP contribution in [0, 0.1) is 5.92 Å². The van der Waals surface area contributed by atoms with Gasteiger partial charge in [-0.15, -0.1) is 0 Å². The maximum Gasteiger partial charge on any atom is 0.276 e. The molecule has 8 nitrogen and oxygen atoms in total. The van der Waals surface area contributed by atoms with Crippen molar-refractivity contribution in [2.75, 3.05) is 13.1 Å². The Hall–Kier alpha value is -3.39. The number of imidazole rings is 1. The van der Waals surface area contributed by atoms with Gasteiger partial charge in [0.15, 0.2) is 0 Å². The third-order valence-corrected chi connectivity index (χ3v) is 6.19. The average Bonchev–Trinajstić information content (AvgIpc) is 3.29. The lowest BCUT2D eigenvalue weighted by Gasteiger charge is -2.30. The monoisotopic (exact) mass is 453 g/mol. The predicted octanol–water partition coefficient (Wildman–Crippen LogP) is 2.73. The molecular formula is C23H24ClN5O3. The molecule has 0 saturated carbocycles. The number of amides is 2. The zero-order valence-electron chi connectivity index (χ0n) is 17.7. The van der Waals surface area contributed by atoms with Crippen LogP contribution in [-0.4, -0.2) is 43.8 Å². The highest BCUT2D eigenvalue weighted by Crippen LogP contribution is 2.28. The third-order valence-electron chi connectivity index (χ3n) is 5.87. The number of nitrogens with two attached hydrogens (primary N) is 1. The zero-order valence-corrected chi connectivity index (χ0v) is 18.5.